The summed E-state index contributed by atoms with van der Waals surface area (Å²) in [6, 6.07) is 0. The van der Waals surface area contributed by atoms with Crippen LogP contribution in [-0.2, 0) is 0 Å². The van der Waals surface area contributed by atoms with Crippen LogP contribution in [0, 0.1) is 5.41 Å². The maximum Gasteiger partial charge on any atom is 0.220 e. The molecule has 0 aromatic carbocycles. The average molecular weight is 189 g/mol. The van der Waals surface area contributed by atoms with Gasteiger partial charge in [-0.1, -0.05) is 0 Å². The minimum Gasteiger partial charge on any atom is -0.370 e. The van der Waals surface area contributed by atoms with Crippen LogP contribution in [0.1, 0.15) is 0 Å². The second-order valence-electron chi connectivity index (χ2n) is 2.27. The first-order valence-electron chi connectivity index (χ1n) is 3.46. The largest absolute Gasteiger partial charge is 0.370 e. The Bertz CT molecular complexity index is 175. The predicted molar refractivity (Wildman–Crippen MR) is 54.5 cm³/mol. The molecular weight excluding hydrogens is 174 g/mol. The smallest absolute Gasteiger partial charge is 0.220 e. The summed E-state index contributed by atoms with van der Waals surface area (Å²) in [5.74, 6) is 0.985. The van der Waals surface area contributed by atoms with Gasteiger partial charge in [0.2, 0.25) is 5.96 Å². The fourth-order valence-corrected chi connectivity index (χ4v) is 0.998. The summed E-state index contributed by atoms with van der Waals surface area (Å²) in [6.45, 7) is 0.775. The van der Waals surface area contributed by atoms with E-state index in [0.717, 1.165) is 12.3 Å². The second-order valence-corrected chi connectivity index (χ2v) is 3.26. The first-order valence-corrected chi connectivity index (χ1v) is 4.85. The third-order valence-corrected chi connectivity index (χ3v) is 1.82. The molecule has 0 saturated carbocycles. The molecule has 0 bridgehead atoms. The van der Waals surface area contributed by atoms with Crippen LogP contribution in [0.5, 0.6) is 0 Å². The summed E-state index contributed by atoms with van der Waals surface area (Å²) in [5.41, 5.74) is 10.2. The molecule has 70 valence electrons. The minimum atomic E-state index is -0.0731. The van der Waals surface area contributed by atoms with Gasteiger partial charge in [0, 0.05) is 19.3 Å². The first kappa shape index (κ1) is 11.1. The number of nitrogens with two attached hydrogens (primary N) is 2. The Hall–Kier alpha value is -0.910. The van der Waals surface area contributed by atoms with Crippen LogP contribution >= 0.6 is 11.8 Å². The summed E-state index contributed by atoms with van der Waals surface area (Å²) in [7, 11) is 1.78. The van der Waals surface area contributed by atoms with Gasteiger partial charge in [-0.3, -0.25) is 5.41 Å². The quantitative estimate of drug-likeness (QED) is 0.412. The number of hydrogen-bond acceptors (Lipinski definition) is 2. The highest BCUT2D eigenvalue weighted by atomic mass is 32.2. The van der Waals surface area contributed by atoms with E-state index in [9.17, 15) is 0 Å². The number of thioether (sulfide) groups is 1. The molecule has 6 heteroatoms. The van der Waals surface area contributed by atoms with Crippen LogP contribution in [0.4, 0.5) is 0 Å². The number of aliphatic imine (C=N–C) groups is 1. The molecule has 0 aliphatic carbocycles. The Morgan fingerprint density at radius 2 is 2.17 bits per heavy atom. The van der Waals surface area contributed by atoms with E-state index in [-0.39, 0.29) is 11.9 Å². The molecule has 0 atom stereocenters. The van der Waals surface area contributed by atoms with Crippen LogP contribution in [0.3, 0.4) is 0 Å². The van der Waals surface area contributed by atoms with Crippen molar-refractivity contribution in [2.45, 2.75) is 0 Å². The number of hydrogen-bond donors (Lipinski definition) is 3. The molecule has 0 fully saturated rings. The molecule has 5 nitrogen and oxygen atoms in total. The molecule has 0 unspecified atom stereocenters. The zero-order chi connectivity index (χ0) is 9.56. The molecule has 5 N–H and O–H groups in total. The average Bonchev–Trinajstić information content (AvgIpc) is 1.98. The van der Waals surface area contributed by atoms with Crippen molar-refractivity contribution in [3.63, 3.8) is 0 Å². The van der Waals surface area contributed by atoms with E-state index in [0.29, 0.717) is 0 Å². The molecule has 12 heavy (non-hydrogen) atoms. The van der Waals surface area contributed by atoms with Crippen molar-refractivity contribution in [1.29, 1.82) is 5.41 Å². The van der Waals surface area contributed by atoms with E-state index in [4.69, 9.17) is 16.9 Å². The zero-order valence-corrected chi connectivity index (χ0v) is 8.19. The summed E-state index contributed by atoms with van der Waals surface area (Å²) < 4.78 is 0. The first-order chi connectivity index (χ1) is 5.57. The van der Waals surface area contributed by atoms with Gasteiger partial charge in [-0.25, -0.2) is 0 Å². The van der Waals surface area contributed by atoms with Gasteiger partial charge in [0.25, 0.3) is 0 Å². The molecular formula is C6H15N5S. The molecule has 0 amide bonds. The highest BCUT2D eigenvalue weighted by Gasteiger charge is 2.01. The maximum absolute atomic E-state index is 7.37. The van der Waals surface area contributed by atoms with Gasteiger partial charge in [-0.05, 0) is 6.26 Å². The van der Waals surface area contributed by atoms with Crippen LogP contribution in [0.25, 0.3) is 0 Å². The van der Waals surface area contributed by atoms with Crippen molar-refractivity contribution in [3.8, 4) is 0 Å². The van der Waals surface area contributed by atoms with E-state index in [1.807, 2.05) is 6.26 Å². The molecule has 0 aliphatic heterocycles. The third-order valence-electron chi connectivity index (χ3n) is 1.23. The molecule has 0 radical (unpaired) electrons. The topological polar surface area (TPSA) is 91.5 Å². The summed E-state index contributed by atoms with van der Waals surface area (Å²) in [6.07, 6.45) is 2.01. The van der Waals surface area contributed by atoms with E-state index >= 15 is 0 Å². The molecule has 0 saturated heterocycles. The van der Waals surface area contributed by atoms with Gasteiger partial charge in [0.1, 0.15) is 0 Å². The van der Waals surface area contributed by atoms with Gasteiger partial charge in [-0.2, -0.15) is 16.8 Å². The van der Waals surface area contributed by atoms with Crippen molar-refractivity contribution < 1.29 is 0 Å². The Balaban J connectivity index is 3.85. The van der Waals surface area contributed by atoms with E-state index in [1.54, 1.807) is 23.7 Å². The van der Waals surface area contributed by atoms with E-state index in [1.165, 1.54) is 0 Å². The van der Waals surface area contributed by atoms with Crippen molar-refractivity contribution >= 4 is 23.7 Å². The Morgan fingerprint density at radius 1 is 1.58 bits per heavy atom. The normalized spacial score (nSPS) is 9.17. The van der Waals surface area contributed by atoms with E-state index in [2.05, 4.69) is 4.99 Å². The molecule has 0 heterocycles. The van der Waals surface area contributed by atoms with Crippen molar-refractivity contribution in [1.82, 2.24) is 4.90 Å². The van der Waals surface area contributed by atoms with Gasteiger partial charge in [0.05, 0.1) is 0 Å². The van der Waals surface area contributed by atoms with Crippen molar-refractivity contribution in [2.75, 3.05) is 25.6 Å². The Morgan fingerprint density at radius 3 is 2.58 bits per heavy atom. The molecule has 0 spiro atoms. The third kappa shape index (κ3) is 4.84. The Labute approximate surface area is 76.7 Å². The van der Waals surface area contributed by atoms with Gasteiger partial charge in [0.15, 0.2) is 5.96 Å². The minimum absolute atomic E-state index is 0.0731. The van der Waals surface area contributed by atoms with Crippen molar-refractivity contribution in [3.05, 3.63) is 0 Å². The highest BCUT2D eigenvalue weighted by molar-refractivity contribution is 7.98. The van der Waals surface area contributed by atoms with Gasteiger partial charge >= 0.3 is 0 Å². The number of guanidine groups is 2. The summed E-state index contributed by atoms with van der Waals surface area (Å²) >= 11 is 1.72. The van der Waals surface area contributed by atoms with Crippen LogP contribution < -0.4 is 11.5 Å². The summed E-state index contributed by atoms with van der Waals surface area (Å²) in [4.78, 5) is 5.29. The van der Waals surface area contributed by atoms with Gasteiger partial charge < -0.3 is 16.4 Å². The number of nitrogens with zero attached hydrogens (tertiary/aromatic N) is 2. The lowest BCUT2D eigenvalue weighted by molar-refractivity contribution is 0.530. The number of rotatable bonds is 3. The second kappa shape index (κ2) is 5.70. The maximum atomic E-state index is 7.37. The SMILES string of the molecule is CSCCN(C)C(=N)N=C(N)N. The van der Waals surface area contributed by atoms with Crippen LogP contribution in [0.15, 0.2) is 4.99 Å². The fraction of sp³-hybridized carbons (Fsp3) is 0.667. The standard InChI is InChI=1S/C6H15N5S/c1-11(3-4-12-2)6(9)10-5(7)8/h3-4H2,1-2H3,(H5,7,8,9,10). The summed E-state index contributed by atoms with van der Waals surface area (Å²) in [5, 5.41) is 7.37. The van der Waals surface area contributed by atoms with E-state index < -0.39 is 0 Å². The molecule has 0 aromatic heterocycles. The lowest BCUT2D eigenvalue weighted by atomic mass is 10.6. The van der Waals surface area contributed by atoms with Crippen LogP contribution in [0.2, 0.25) is 0 Å². The fourth-order valence-electron chi connectivity index (χ4n) is 0.542. The zero-order valence-electron chi connectivity index (χ0n) is 7.37. The highest BCUT2D eigenvalue weighted by Crippen LogP contribution is 1.94. The number of nitrogens with one attached hydrogen (secondary N) is 1. The van der Waals surface area contributed by atoms with Crippen LogP contribution in [-0.4, -0.2) is 42.4 Å². The lowest BCUT2D eigenvalue weighted by Gasteiger charge is -2.15. The Kier molecular flexibility index (Phi) is 5.27. The predicted octanol–water partition coefficient (Wildman–Crippen LogP) is -0.511. The molecule has 0 aliphatic rings. The molecule has 0 aromatic rings. The van der Waals surface area contributed by atoms with Crippen molar-refractivity contribution in [2.24, 2.45) is 16.5 Å². The molecule has 0 rings (SSSR count). The monoisotopic (exact) mass is 189 g/mol. The van der Waals surface area contributed by atoms with Gasteiger partial charge in [-0.15, -0.1) is 0 Å². The lowest BCUT2D eigenvalue weighted by Crippen LogP contribution is -2.31.